The number of hydrogen-bond donors (Lipinski definition) is 1. The first-order valence-corrected chi connectivity index (χ1v) is 6.00. The van der Waals surface area contributed by atoms with Crippen molar-refractivity contribution in [3.8, 4) is 0 Å². The second-order valence-electron chi connectivity index (χ2n) is 4.59. The van der Waals surface area contributed by atoms with Gasteiger partial charge in [0, 0.05) is 5.69 Å². The Hall–Kier alpha value is -1.75. The topological polar surface area (TPSA) is 67.8 Å². The average Bonchev–Trinajstić information content (AvgIpc) is 2.79. The van der Waals surface area contributed by atoms with Gasteiger partial charge in [0.2, 0.25) is 0 Å². The molecule has 96 valence electrons. The molecule has 1 aliphatic heterocycles. The zero-order valence-electron chi connectivity index (χ0n) is 10.5. The number of carbonyl (C=O) groups excluding carboxylic acids is 1. The summed E-state index contributed by atoms with van der Waals surface area (Å²) in [5, 5.41) is 5.64. The van der Waals surface area contributed by atoms with Gasteiger partial charge in [-0.1, -0.05) is 6.07 Å². The predicted octanol–water partition coefficient (Wildman–Crippen LogP) is 2.90. The molecule has 0 aliphatic carbocycles. The molecule has 2 rings (SSSR count). The third-order valence-corrected chi connectivity index (χ3v) is 3.11. The largest absolute Gasteiger partial charge is 0.365 e. The molecule has 2 unspecified atom stereocenters. The van der Waals surface area contributed by atoms with Gasteiger partial charge in [-0.2, -0.15) is 0 Å². The van der Waals surface area contributed by atoms with E-state index in [-0.39, 0.29) is 12.0 Å². The van der Waals surface area contributed by atoms with Crippen molar-refractivity contribution < 1.29 is 9.53 Å². The minimum absolute atomic E-state index is 0.129. The van der Waals surface area contributed by atoms with Crippen LogP contribution in [-0.4, -0.2) is 18.1 Å². The summed E-state index contributed by atoms with van der Waals surface area (Å²) in [5.74, 6) is -0.162. The Bertz CT molecular complexity index is 473. The van der Waals surface area contributed by atoms with Crippen LogP contribution in [-0.2, 0) is 9.53 Å². The van der Waals surface area contributed by atoms with Gasteiger partial charge in [-0.05, 0) is 49.6 Å². The maximum absolute atomic E-state index is 12.0. The molecule has 0 radical (unpaired) electrons. The van der Waals surface area contributed by atoms with Crippen molar-refractivity contribution in [1.29, 1.82) is 0 Å². The van der Waals surface area contributed by atoms with Gasteiger partial charge in [0.15, 0.2) is 0 Å². The third-order valence-electron chi connectivity index (χ3n) is 3.11. The molecule has 5 nitrogen and oxygen atoms in total. The Morgan fingerprint density at radius 2 is 2.22 bits per heavy atom. The van der Waals surface area contributed by atoms with E-state index >= 15 is 0 Å². The maximum atomic E-state index is 12.0. The minimum Gasteiger partial charge on any atom is -0.365 e. The van der Waals surface area contributed by atoms with Crippen LogP contribution in [0.5, 0.6) is 0 Å². The Morgan fingerprint density at radius 1 is 1.44 bits per heavy atom. The fourth-order valence-corrected chi connectivity index (χ4v) is 2.01. The number of benzene rings is 1. The molecule has 1 aromatic rings. The molecule has 2 atom stereocenters. The number of nitrogens with one attached hydrogen (secondary N) is 1. The van der Waals surface area contributed by atoms with Crippen LogP contribution in [0.25, 0.3) is 0 Å². The van der Waals surface area contributed by atoms with Gasteiger partial charge in [-0.15, -0.1) is 4.91 Å². The standard InChI is InChI=1S/C13H16N2O3/c1-8-3-5-10(15-17)7-11(8)14-13(16)12-6-4-9(2)18-12/h3,5,7,9,12H,4,6H2,1-2H3,(H,14,16). The lowest BCUT2D eigenvalue weighted by molar-refractivity contribution is -0.126. The van der Waals surface area contributed by atoms with Gasteiger partial charge in [-0.3, -0.25) is 4.79 Å². The molecule has 1 heterocycles. The summed E-state index contributed by atoms with van der Waals surface area (Å²) in [6.07, 6.45) is 1.36. The van der Waals surface area contributed by atoms with Crippen molar-refractivity contribution in [2.45, 2.75) is 38.9 Å². The maximum Gasteiger partial charge on any atom is 0.253 e. The molecule has 18 heavy (non-hydrogen) atoms. The van der Waals surface area contributed by atoms with E-state index in [1.54, 1.807) is 18.2 Å². The number of amides is 1. The molecule has 1 amide bonds. The number of rotatable bonds is 3. The zero-order chi connectivity index (χ0) is 13.1. The molecule has 0 saturated carbocycles. The highest BCUT2D eigenvalue weighted by Crippen LogP contribution is 2.24. The zero-order valence-corrected chi connectivity index (χ0v) is 10.5. The van der Waals surface area contributed by atoms with Crippen molar-refractivity contribution in [2.24, 2.45) is 5.18 Å². The first-order chi connectivity index (χ1) is 8.60. The van der Waals surface area contributed by atoms with Crippen molar-refractivity contribution >= 4 is 17.3 Å². The first-order valence-electron chi connectivity index (χ1n) is 6.00. The van der Waals surface area contributed by atoms with Crippen LogP contribution >= 0.6 is 0 Å². The number of anilines is 1. The van der Waals surface area contributed by atoms with E-state index in [9.17, 15) is 9.70 Å². The summed E-state index contributed by atoms with van der Waals surface area (Å²) in [7, 11) is 0. The second kappa shape index (κ2) is 5.27. The van der Waals surface area contributed by atoms with Crippen LogP contribution in [0, 0.1) is 11.8 Å². The first kappa shape index (κ1) is 12.7. The SMILES string of the molecule is Cc1ccc(N=O)cc1NC(=O)C1CCC(C)O1. The van der Waals surface area contributed by atoms with Crippen LogP contribution < -0.4 is 5.32 Å². The summed E-state index contributed by atoms with van der Waals surface area (Å²) in [6, 6.07) is 4.94. The minimum atomic E-state index is -0.396. The van der Waals surface area contributed by atoms with Crippen LogP contribution in [0.15, 0.2) is 23.4 Å². The number of carbonyl (C=O) groups is 1. The second-order valence-corrected chi connectivity index (χ2v) is 4.59. The summed E-state index contributed by atoms with van der Waals surface area (Å²) < 4.78 is 5.49. The number of ether oxygens (including phenoxy) is 1. The Morgan fingerprint density at radius 3 is 2.83 bits per heavy atom. The molecule has 0 aromatic heterocycles. The van der Waals surface area contributed by atoms with Crippen LogP contribution in [0.3, 0.4) is 0 Å². The van der Waals surface area contributed by atoms with E-state index in [2.05, 4.69) is 10.5 Å². The van der Waals surface area contributed by atoms with E-state index in [0.29, 0.717) is 11.4 Å². The fraction of sp³-hybridized carbons (Fsp3) is 0.462. The average molecular weight is 248 g/mol. The van der Waals surface area contributed by atoms with E-state index < -0.39 is 6.10 Å². The smallest absolute Gasteiger partial charge is 0.253 e. The van der Waals surface area contributed by atoms with Gasteiger partial charge in [0.05, 0.1) is 6.10 Å². The number of nitrogens with zero attached hydrogens (tertiary/aromatic N) is 1. The number of nitroso groups, excluding NO2 is 1. The quantitative estimate of drug-likeness (QED) is 0.836. The van der Waals surface area contributed by atoms with Gasteiger partial charge < -0.3 is 10.1 Å². The highest BCUT2D eigenvalue weighted by Gasteiger charge is 2.28. The molecular formula is C13H16N2O3. The Kier molecular flexibility index (Phi) is 3.72. The number of aryl methyl sites for hydroxylation is 1. The van der Waals surface area contributed by atoms with E-state index in [0.717, 1.165) is 18.4 Å². The van der Waals surface area contributed by atoms with Gasteiger partial charge in [0.1, 0.15) is 11.8 Å². The van der Waals surface area contributed by atoms with Crippen LogP contribution in [0.1, 0.15) is 25.3 Å². The third kappa shape index (κ3) is 2.73. The lowest BCUT2D eigenvalue weighted by atomic mass is 10.1. The van der Waals surface area contributed by atoms with Crippen LogP contribution in [0.2, 0.25) is 0 Å². The van der Waals surface area contributed by atoms with E-state index in [1.165, 1.54) is 0 Å². The highest BCUT2D eigenvalue weighted by atomic mass is 16.5. The van der Waals surface area contributed by atoms with Gasteiger partial charge >= 0.3 is 0 Å². The summed E-state index contributed by atoms with van der Waals surface area (Å²) in [4.78, 5) is 22.4. The van der Waals surface area contributed by atoms with E-state index in [1.807, 2.05) is 13.8 Å². The van der Waals surface area contributed by atoms with Crippen molar-refractivity contribution in [2.75, 3.05) is 5.32 Å². The predicted molar refractivity (Wildman–Crippen MR) is 68.8 cm³/mol. The Balaban J connectivity index is 2.09. The van der Waals surface area contributed by atoms with Gasteiger partial charge in [-0.25, -0.2) is 0 Å². The molecule has 0 spiro atoms. The van der Waals surface area contributed by atoms with Crippen molar-refractivity contribution in [1.82, 2.24) is 0 Å². The van der Waals surface area contributed by atoms with Gasteiger partial charge in [0.25, 0.3) is 5.91 Å². The highest BCUT2D eigenvalue weighted by molar-refractivity contribution is 5.95. The summed E-state index contributed by atoms with van der Waals surface area (Å²) >= 11 is 0. The molecule has 1 saturated heterocycles. The lowest BCUT2D eigenvalue weighted by Crippen LogP contribution is -2.27. The molecule has 1 fully saturated rings. The molecular weight excluding hydrogens is 232 g/mol. The normalized spacial score (nSPS) is 22.8. The monoisotopic (exact) mass is 248 g/mol. The fourth-order valence-electron chi connectivity index (χ4n) is 2.01. The Labute approximate surface area is 105 Å². The molecule has 1 aromatic carbocycles. The van der Waals surface area contributed by atoms with Crippen LogP contribution in [0.4, 0.5) is 11.4 Å². The summed E-state index contributed by atoms with van der Waals surface area (Å²) in [6.45, 7) is 3.82. The number of hydrogen-bond acceptors (Lipinski definition) is 4. The molecule has 0 bridgehead atoms. The van der Waals surface area contributed by atoms with Crippen molar-refractivity contribution in [3.05, 3.63) is 28.7 Å². The van der Waals surface area contributed by atoms with E-state index in [4.69, 9.17) is 4.74 Å². The molecule has 5 heteroatoms. The van der Waals surface area contributed by atoms with Crippen molar-refractivity contribution in [3.63, 3.8) is 0 Å². The molecule has 1 aliphatic rings. The summed E-state index contributed by atoms with van der Waals surface area (Å²) in [5.41, 5.74) is 1.80. The molecule has 1 N–H and O–H groups in total. The lowest BCUT2D eigenvalue weighted by Gasteiger charge is -2.13.